The molecule has 0 aromatic carbocycles. The minimum absolute atomic E-state index is 0.0403. The molecule has 2 nitrogen and oxygen atoms in total. The van der Waals surface area contributed by atoms with Crippen LogP contribution < -0.4 is 0 Å². The number of carbonyl (C=O) groups is 1. The van der Waals surface area contributed by atoms with Crippen molar-refractivity contribution in [3.63, 3.8) is 0 Å². The van der Waals surface area contributed by atoms with E-state index in [9.17, 15) is 4.79 Å². The maximum absolute atomic E-state index is 10.9. The van der Waals surface area contributed by atoms with E-state index in [-0.39, 0.29) is 11.5 Å². The van der Waals surface area contributed by atoms with Gasteiger partial charge in [0.25, 0.3) is 0 Å². The van der Waals surface area contributed by atoms with Crippen LogP contribution in [0.1, 0.15) is 20.3 Å². The minimum atomic E-state index is 0.0403. The summed E-state index contributed by atoms with van der Waals surface area (Å²) in [7, 11) is 0. The van der Waals surface area contributed by atoms with Crippen molar-refractivity contribution >= 4 is 12.0 Å². The van der Waals surface area contributed by atoms with Gasteiger partial charge in [-0.15, -0.1) is 0 Å². The van der Waals surface area contributed by atoms with Gasteiger partial charge < -0.3 is 0 Å². The molecule has 0 saturated heterocycles. The molecule has 0 bridgehead atoms. The summed E-state index contributed by atoms with van der Waals surface area (Å²) in [6, 6.07) is 0. The second kappa shape index (κ2) is 1.49. The first-order chi connectivity index (χ1) is 4.61. The zero-order chi connectivity index (χ0) is 7.35. The van der Waals surface area contributed by atoms with Crippen LogP contribution in [0, 0.1) is 11.8 Å². The van der Waals surface area contributed by atoms with Crippen molar-refractivity contribution in [3.8, 4) is 0 Å². The van der Waals surface area contributed by atoms with Crippen molar-refractivity contribution in [2.45, 2.75) is 25.8 Å². The van der Waals surface area contributed by atoms with E-state index in [0.717, 1.165) is 6.42 Å². The van der Waals surface area contributed by atoms with Crippen LogP contribution in [0.15, 0.2) is 4.99 Å². The number of nitrogens with zero attached hydrogens (tertiary/aromatic N) is 1. The molecule has 0 aromatic rings. The maximum atomic E-state index is 10.9. The third-order valence-electron chi connectivity index (χ3n) is 2.70. The fourth-order valence-electron chi connectivity index (χ4n) is 1.79. The normalized spacial score (nSPS) is 41.2. The molecular formula is C8H11NO. The highest BCUT2D eigenvalue weighted by Crippen LogP contribution is 2.44. The Balaban J connectivity index is 2.26. The lowest BCUT2D eigenvalue weighted by Crippen LogP contribution is -2.43. The Morgan fingerprint density at radius 2 is 2.40 bits per heavy atom. The lowest BCUT2D eigenvalue weighted by Gasteiger charge is -2.35. The molecular weight excluding hydrogens is 126 g/mol. The van der Waals surface area contributed by atoms with Crippen molar-refractivity contribution in [2.24, 2.45) is 16.8 Å². The van der Waals surface area contributed by atoms with Gasteiger partial charge in [-0.25, -0.2) is 0 Å². The van der Waals surface area contributed by atoms with Gasteiger partial charge in [0.05, 0.1) is 11.5 Å². The Bertz CT molecular complexity index is 217. The zero-order valence-corrected chi connectivity index (χ0v) is 6.29. The molecule has 1 saturated carbocycles. The average molecular weight is 137 g/mol. The minimum Gasteiger partial charge on any atom is -0.299 e. The van der Waals surface area contributed by atoms with Gasteiger partial charge in [0, 0.05) is 18.6 Å². The quantitative estimate of drug-likeness (QED) is 0.490. The molecule has 0 spiro atoms. The van der Waals surface area contributed by atoms with Crippen molar-refractivity contribution in [3.05, 3.63) is 0 Å². The molecule has 2 aliphatic rings. The van der Waals surface area contributed by atoms with E-state index >= 15 is 0 Å². The highest BCUT2D eigenvalue weighted by Gasteiger charge is 2.50. The SMILES string of the molecule is CC1(C)N=CC2C(=O)CC21. The van der Waals surface area contributed by atoms with Gasteiger partial charge in [0.1, 0.15) is 5.78 Å². The number of Topliss-reactive ketones (excluding diaryl/α,β-unsaturated/α-hetero) is 1. The molecule has 0 N–H and O–H groups in total. The lowest BCUT2D eigenvalue weighted by molar-refractivity contribution is -0.131. The van der Waals surface area contributed by atoms with Gasteiger partial charge in [-0.05, 0) is 13.8 Å². The van der Waals surface area contributed by atoms with E-state index in [2.05, 4.69) is 18.8 Å². The molecule has 1 aliphatic carbocycles. The topological polar surface area (TPSA) is 29.4 Å². The van der Waals surface area contributed by atoms with Gasteiger partial charge in [0.15, 0.2) is 0 Å². The molecule has 2 atom stereocenters. The van der Waals surface area contributed by atoms with E-state index in [4.69, 9.17) is 0 Å². The van der Waals surface area contributed by atoms with E-state index in [1.165, 1.54) is 0 Å². The van der Waals surface area contributed by atoms with Crippen LogP contribution in [0.25, 0.3) is 0 Å². The Hall–Kier alpha value is -0.660. The second-order valence-electron chi connectivity index (χ2n) is 3.73. The Morgan fingerprint density at radius 1 is 1.70 bits per heavy atom. The summed E-state index contributed by atoms with van der Waals surface area (Å²) in [4.78, 5) is 15.2. The van der Waals surface area contributed by atoms with Gasteiger partial charge in [-0.3, -0.25) is 9.79 Å². The van der Waals surface area contributed by atoms with Gasteiger partial charge in [0.2, 0.25) is 0 Å². The highest BCUT2D eigenvalue weighted by molar-refractivity contribution is 6.02. The number of carbonyl (C=O) groups excluding carboxylic acids is 1. The molecule has 10 heavy (non-hydrogen) atoms. The summed E-state index contributed by atoms with van der Waals surface area (Å²) in [5.41, 5.74) is 0.0403. The van der Waals surface area contributed by atoms with Crippen molar-refractivity contribution in [1.29, 1.82) is 0 Å². The molecule has 0 radical (unpaired) electrons. The number of rotatable bonds is 0. The zero-order valence-electron chi connectivity index (χ0n) is 6.29. The molecule has 1 fully saturated rings. The number of aliphatic imine (C=N–C) groups is 1. The summed E-state index contributed by atoms with van der Waals surface area (Å²) in [6.45, 7) is 4.20. The van der Waals surface area contributed by atoms with E-state index in [1.54, 1.807) is 0 Å². The molecule has 2 unspecified atom stereocenters. The average Bonchev–Trinajstić information content (AvgIpc) is 2.03. The molecule has 54 valence electrons. The first-order valence-electron chi connectivity index (χ1n) is 3.69. The Morgan fingerprint density at radius 3 is 2.80 bits per heavy atom. The summed E-state index contributed by atoms with van der Waals surface area (Å²) in [5.74, 6) is 1.06. The van der Waals surface area contributed by atoms with E-state index in [1.807, 2.05) is 6.21 Å². The number of ketones is 1. The predicted molar refractivity (Wildman–Crippen MR) is 39.2 cm³/mol. The number of fused-ring (bicyclic) bond motifs is 1. The fourth-order valence-corrected chi connectivity index (χ4v) is 1.79. The lowest BCUT2D eigenvalue weighted by atomic mass is 9.67. The second-order valence-corrected chi connectivity index (χ2v) is 3.73. The number of hydrogen-bond acceptors (Lipinski definition) is 2. The standard InChI is InChI=1S/C8H11NO/c1-8(2)6-3-7(10)5(6)4-9-8/h4-6H,3H2,1-2H3. The van der Waals surface area contributed by atoms with Crippen LogP contribution in [0.2, 0.25) is 0 Å². The Labute approximate surface area is 60.3 Å². The number of hydrogen-bond donors (Lipinski definition) is 0. The maximum Gasteiger partial charge on any atom is 0.142 e. The summed E-state index contributed by atoms with van der Waals surface area (Å²) < 4.78 is 0. The van der Waals surface area contributed by atoms with Crippen LogP contribution in [0.3, 0.4) is 0 Å². The molecule has 1 heterocycles. The molecule has 2 rings (SSSR count). The van der Waals surface area contributed by atoms with Crippen LogP contribution in [0.4, 0.5) is 0 Å². The van der Waals surface area contributed by atoms with Crippen molar-refractivity contribution in [1.82, 2.24) is 0 Å². The summed E-state index contributed by atoms with van der Waals surface area (Å²) in [6.07, 6.45) is 2.58. The van der Waals surface area contributed by atoms with Crippen LogP contribution in [-0.4, -0.2) is 17.5 Å². The Kier molecular flexibility index (Phi) is 0.908. The molecule has 1 aliphatic heterocycles. The fraction of sp³-hybridized carbons (Fsp3) is 0.750. The van der Waals surface area contributed by atoms with Gasteiger partial charge >= 0.3 is 0 Å². The van der Waals surface area contributed by atoms with Crippen LogP contribution in [-0.2, 0) is 4.79 Å². The van der Waals surface area contributed by atoms with E-state index < -0.39 is 0 Å². The van der Waals surface area contributed by atoms with E-state index in [0.29, 0.717) is 11.7 Å². The largest absolute Gasteiger partial charge is 0.299 e. The predicted octanol–water partition coefficient (Wildman–Crippen LogP) is 1.05. The molecule has 2 heteroatoms. The summed E-state index contributed by atoms with van der Waals surface area (Å²) in [5, 5.41) is 0. The van der Waals surface area contributed by atoms with Crippen LogP contribution in [0.5, 0.6) is 0 Å². The summed E-state index contributed by atoms with van der Waals surface area (Å²) >= 11 is 0. The monoisotopic (exact) mass is 137 g/mol. The highest BCUT2D eigenvalue weighted by atomic mass is 16.1. The smallest absolute Gasteiger partial charge is 0.142 e. The van der Waals surface area contributed by atoms with Gasteiger partial charge in [-0.2, -0.15) is 0 Å². The van der Waals surface area contributed by atoms with Crippen LogP contribution >= 0.6 is 0 Å². The third-order valence-corrected chi connectivity index (χ3v) is 2.70. The van der Waals surface area contributed by atoms with Crippen molar-refractivity contribution < 1.29 is 4.79 Å². The van der Waals surface area contributed by atoms with Gasteiger partial charge in [-0.1, -0.05) is 0 Å². The van der Waals surface area contributed by atoms with Crippen molar-refractivity contribution in [2.75, 3.05) is 0 Å². The molecule has 0 aromatic heterocycles. The first-order valence-corrected chi connectivity index (χ1v) is 3.69. The molecule has 0 amide bonds. The first kappa shape index (κ1) is 6.08. The third kappa shape index (κ3) is 0.542.